The highest BCUT2D eigenvalue weighted by Gasteiger charge is 2.35. The van der Waals surface area contributed by atoms with Gasteiger partial charge in [0.05, 0.1) is 0 Å². The van der Waals surface area contributed by atoms with Crippen LogP contribution in [0, 0.1) is 5.82 Å². The fourth-order valence-electron chi connectivity index (χ4n) is 2.69. The molecule has 0 spiro atoms. The lowest BCUT2D eigenvalue weighted by molar-refractivity contribution is -0.145. The van der Waals surface area contributed by atoms with Gasteiger partial charge in [-0.1, -0.05) is 36.4 Å². The fourth-order valence-corrected chi connectivity index (χ4v) is 2.69. The zero-order chi connectivity index (χ0) is 16.9. The number of benzene rings is 2. The molecule has 1 atom stereocenters. The second-order valence-corrected chi connectivity index (χ2v) is 5.40. The topological polar surface area (TPSA) is 58.6 Å². The first-order valence-corrected chi connectivity index (χ1v) is 7.66. The highest BCUT2D eigenvalue weighted by molar-refractivity contribution is 5.90. The maximum atomic E-state index is 14.1. The van der Waals surface area contributed by atoms with Gasteiger partial charge in [-0.05, 0) is 18.2 Å². The highest BCUT2D eigenvalue weighted by Crippen LogP contribution is 2.25. The van der Waals surface area contributed by atoms with Crippen molar-refractivity contribution in [1.82, 2.24) is 10.2 Å². The monoisotopic (exact) mass is 328 g/mol. The van der Waals surface area contributed by atoms with Crippen molar-refractivity contribution in [1.29, 1.82) is 0 Å². The quantitative estimate of drug-likeness (QED) is 0.933. The largest absolute Gasteiger partial charge is 0.484 e. The van der Waals surface area contributed by atoms with E-state index in [4.69, 9.17) is 4.74 Å². The number of halogens is 1. The molecule has 5 nitrogen and oxygen atoms in total. The Hall–Kier alpha value is -2.89. The molecule has 6 heteroatoms. The number of ether oxygens (including phenoxy) is 1. The first kappa shape index (κ1) is 16.0. The second-order valence-electron chi connectivity index (χ2n) is 5.40. The standard InChI is InChI=1S/C18H17FN2O3/c19-15-9-5-4-8-14(15)17-18(23)20-10-11-21(17)16(22)12-24-13-6-2-1-3-7-13/h1-9,17H,10-12H2,(H,20,23). The van der Waals surface area contributed by atoms with Crippen LogP contribution in [0.2, 0.25) is 0 Å². The average Bonchev–Trinajstić information content (AvgIpc) is 2.61. The van der Waals surface area contributed by atoms with Crippen LogP contribution in [0.1, 0.15) is 11.6 Å². The third kappa shape index (κ3) is 3.37. The van der Waals surface area contributed by atoms with Crippen LogP contribution in [-0.2, 0) is 9.59 Å². The van der Waals surface area contributed by atoms with Crippen molar-refractivity contribution < 1.29 is 18.7 Å². The Morgan fingerprint density at radius 3 is 2.62 bits per heavy atom. The van der Waals surface area contributed by atoms with Crippen LogP contribution >= 0.6 is 0 Å². The maximum Gasteiger partial charge on any atom is 0.261 e. The van der Waals surface area contributed by atoms with E-state index in [1.54, 1.807) is 36.4 Å². The molecule has 2 aromatic carbocycles. The minimum Gasteiger partial charge on any atom is -0.484 e. The highest BCUT2D eigenvalue weighted by atomic mass is 19.1. The van der Waals surface area contributed by atoms with E-state index in [1.165, 1.54) is 17.0 Å². The van der Waals surface area contributed by atoms with Crippen molar-refractivity contribution in [3.63, 3.8) is 0 Å². The van der Waals surface area contributed by atoms with Gasteiger partial charge in [0.15, 0.2) is 6.61 Å². The smallest absolute Gasteiger partial charge is 0.261 e. The number of carbonyl (C=O) groups excluding carboxylic acids is 2. The summed E-state index contributed by atoms with van der Waals surface area (Å²) in [5.74, 6) is -0.697. The van der Waals surface area contributed by atoms with Gasteiger partial charge < -0.3 is 15.0 Å². The summed E-state index contributed by atoms with van der Waals surface area (Å²) in [7, 11) is 0. The number of hydrogen-bond acceptors (Lipinski definition) is 3. The molecule has 1 aliphatic rings. The molecule has 3 rings (SSSR count). The Morgan fingerprint density at radius 2 is 1.88 bits per heavy atom. The SMILES string of the molecule is O=C1NCCN(C(=O)COc2ccccc2)C1c1ccccc1F. The van der Waals surface area contributed by atoms with Crippen LogP contribution in [0.25, 0.3) is 0 Å². The van der Waals surface area contributed by atoms with Gasteiger partial charge in [-0.15, -0.1) is 0 Å². The molecule has 124 valence electrons. The van der Waals surface area contributed by atoms with E-state index in [1.807, 2.05) is 6.07 Å². The molecule has 1 fully saturated rings. The zero-order valence-corrected chi connectivity index (χ0v) is 12.9. The van der Waals surface area contributed by atoms with E-state index >= 15 is 0 Å². The minimum absolute atomic E-state index is 0.183. The first-order valence-electron chi connectivity index (χ1n) is 7.66. The van der Waals surface area contributed by atoms with Gasteiger partial charge in [-0.3, -0.25) is 9.59 Å². The van der Waals surface area contributed by atoms with Crippen molar-refractivity contribution in [2.24, 2.45) is 0 Å². The normalized spacial score (nSPS) is 17.3. The molecule has 0 bridgehead atoms. The van der Waals surface area contributed by atoms with Crippen LogP contribution in [-0.4, -0.2) is 36.4 Å². The van der Waals surface area contributed by atoms with Gasteiger partial charge >= 0.3 is 0 Å². The van der Waals surface area contributed by atoms with Crippen LogP contribution in [0.5, 0.6) is 5.75 Å². The van der Waals surface area contributed by atoms with E-state index in [0.717, 1.165) is 0 Å². The first-order chi connectivity index (χ1) is 11.7. The van der Waals surface area contributed by atoms with Crippen molar-refractivity contribution in [3.05, 3.63) is 66.0 Å². The Balaban J connectivity index is 1.77. The number of carbonyl (C=O) groups is 2. The predicted molar refractivity (Wildman–Crippen MR) is 85.8 cm³/mol. The molecule has 0 aliphatic carbocycles. The van der Waals surface area contributed by atoms with Gasteiger partial charge in [0.1, 0.15) is 17.6 Å². The summed E-state index contributed by atoms with van der Waals surface area (Å²) in [6.45, 7) is 0.435. The lowest BCUT2D eigenvalue weighted by Crippen LogP contribution is -2.53. The van der Waals surface area contributed by atoms with Crippen molar-refractivity contribution >= 4 is 11.8 Å². The number of para-hydroxylation sites is 1. The van der Waals surface area contributed by atoms with Gasteiger partial charge in [0, 0.05) is 18.7 Å². The molecule has 0 saturated carbocycles. The maximum absolute atomic E-state index is 14.1. The number of amides is 2. The van der Waals surface area contributed by atoms with E-state index in [2.05, 4.69) is 5.32 Å². The molecule has 2 amide bonds. The summed E-state index contributed by atoms with van der Waals surface area (Å²) in [6, 6.07) is 13.9. The number of rotatable bonds is 4. The van der Waals surface area contributed by atoms with Crippen LogP contribution < -0.4 is 10.1 Å². The van der Waals surface area contributed by atoms with Crippen molar-refractivity contribution in [2.45, 2.75) is 6.04 Å². The summed E-state index contributed by atoms with van der Waals surface area (Å²) >= 11 is 0. The third-order valence-electron chi connectivity index (χ3n) is 3.84. The Morgan fingerprint density at radius 1 is 1.17 bits per heavy atom. The summed E-state index contributed by atoms with van der Waals surface area (Å²) in [5.41, 5.74) is 0.183. The summed E-state index contributed by atoms with van der Waals surface area (Å²) in [6.07, 6.45) is 0. The van der Waals surface area contributed by atoms with Crippen LogP contribution in [0.4, 0.5) is 4.39 Å². The van der Waals surface area contributed by atoms with Gasteiger partial charge in [-0.25, -0.2) is 4.39 Å². The predicted octanol–water partition coefficient (Wildman–Crippen LogP) is 1.90. The number of hydrogen-bond donors (Lipinski definition) is 1. The average molecular weight is 328 g/mol. The number of piperazine rings is 1. The lowest BCUT2D eigenvalue weighted by Gasteiger charge is -2.35. The molecule has 1 N–H and O–H groups in total. The molecule has 0 radical (unpaired) electrons. The molecule has 1 aliphatic heterocycles. The van der Waals surface area contributed by atoms with Crippen LogP contribution in [0.3, 0.4) is 0 Å². The molecular formula is C18H17FN2O3. The zero-order valence-electron chi connectivity index (χ0n) is 12.9. The van der Waals surface area contributed by atoms with E-state index in [9.17, 15) is 14.0 Å². The van der Waals surface area contributed by atoms with Gasteiger partial charge in [0.25, 0.3) is 5.91 Å². The van der Waals surface area contributed by atoms with E-state index in [-0.39, 0.29) is 24.0 Å². The number of nitrogens with zero attached hydrogens (tertiary/aromatic N) is 1. The number of nitrogens with one attached hydrogen (secondary N) is 1. The van der Waals surface area contributed by atoms with Gasteiger partial charge in [-0.2, -0.15) is 0 Å². The Labute approximate surface area is 139 Å². The summed E-state index contributed by atoms with van der Waals surface area (Å²) in [5, 5.41) is 2.68. The molecule has 0 aromatic heterocycles. The molecular weight excluding hydrogens is 311 g/mol. The van der Waals surface area contributed by atoms with Crippen LogP contribution in [0.15, 0.2) is 54.6 Å². The minimum atomic E-state index is -0.980. The Bertz CT molecular complexity index is 736. The lowest BCUT2D eigenvalue weighted by atomic mass is 10.0. The van der Waals surface area contributed by atoms with Crippen molar-refractivity contribution in [2.75, 3.05) is 19.7 Å². The van der Waals surface area contributed by atoms with Gasteiger partial charge in [0.2, 0.25) is 5.91 Å². The summed E-state index contributed by atoms with van der Waals surface area (Å²) < 4.78 is 19.5. The Kier molecular flexibility index (Phi) is 4.74. The fraction of sp³-hybridized carbons (Fsp3) is 0.222. The second kappa shape index (κ2) is 7.12. The van der Waals surface area contributed by atoms with E-state index in [0.29, 0.717) is 18.8 Å². The summed E-state index contributed by atoms with van der Waals surface area (Å²) in [4.78, 5) is 26.1. The molecule has 1 heterocycles. The third-order valence-corrected chi connectivity index (χ3v) is 3.84. The molecule has 1 unspecified atom stereocenters. The molecule has 1 saturated heterocycles. The molecule has 24 heavy (non-hydrogen) atoms. The molecule has 2 aromatic rings. The van der Waals surface area contributed by atoms with Crippen molar-refractivity contribution in [3.8, 4) is 5.75 Å². The van der Waals surface area contributed by atoms with E-state index < -0.39 is 11.9 Å².